The van der Waals surface area contributed by atoms with Gasteiger partial charge in [0.25, 0.3) is 0 Å². The van der Waals surface area contributed by atoms with Gasteiger partial charge in [-0.1, -0.05) is 26.7 Å². The van der Waals surface area contributed by atoms with Gasteiger partial charge in [0.2, 0.25) is 0 Å². The van der Waals surface area contributed by atoms with Crippen molar-refractivity contribution in [1.29, 1.82) is 0 Å². The van der Waals surface area contributed by atoms with Crippen molar-refractivity contribution in [1.82, 2.24) is 0 Å². The first-order valence-corrected chi connectivity index (χ1v) is 20.8. The zero-order chi connectivity index (χ0) is 38.4. The van der Waals surface area contributed by atoms with Gasteiger partial charge < -0.3 is 0 Å². The van der Waals surface area contributed by atoms with Gasteiger partial charge >= 0.3 is 269 Å². The molecule has 0 fully saturated rings. The maximum absolute atomic E-state index is 16.4. The van der Waals surface area contributed by atoms with E-state index in [1.165, 1.54) is 36.5 Å². The molecular weight excluding hydrogens is 752 g/mol. The summed E-state index contributed by atoms with van der Waals surface area (Å²) < 4.78 is 158. The molecule has 0 atom stereocenters. The SMILES string of the molecule is CCCCOCCOCCOc1c(F)c(F)[c]([Ti]([C]2=CC=CC2)([C]2=CC=CC2)[c]2c(F)c(F)c(OCCOCCOCCCC)c(F)c2F)c(F)c1F. The topological polar surface area (TPSA) is 55.4 Å². The second kappa shape index (κ2) is 21.2. The summed E-state index contributed by atoms with van der Waals surface area (Å²) in [5, 5.41) is 0. The third-order valence-corrected chi connectivity index (χ3v) is 16.6. The average Bonchev–Trinajstić information content (AvgIpc) is 3.90. The molecule has 53 heavy (non-hydrogen) atoms. The van der Waals surface area contributed by atoms with Crippen LogP contribution in [0.25, 0.3) is 0 Å². The number of ether oxygens (including phenoxy) is 6. The average molecular weight is 797 g/mol. The molecule has 0 saturated carbocycles. The van der Waals surface area contributed by atoms with Crippen molar-refractivity contribution >= 4 is 7.74 Å². The van der Waals surface area contributed by atoms with Crippen molar-refractivity contribution in [3.05, 3.63) is 90.7 Å². The third kappa shape index (κ3) is 9.82. The van der Waals surface area contributed by atoms with Gasteiger partial charge in [0, 0.05) is 0 Å². The van der Waals surface area contributed by atoms with Gasteiger partial charge in [-0.25, -0.2) is 0 Å². The Bertz CT molecular complexity index is 1500. The van der Waals surface area contributed by atoms with E-state index in [0.717, 1.165) is 25.7 Å². The summed E-state index contributed by atoms with van der Waals surface area (Å²) in [5.41, 5.74) is 0. The van der Waals surface area contributed by atoms with E-state index in [1.54, 1.807) is 0 Å². The summed E-state index contributed by atoms with van der Waals surface area (Å²) in [4.78, 5) is 0. The standard InChI is InChI=1S/2C14H17F4O3.2C5H5.Ti/c2*1-2-3-4-19-5-6-20-7-8-21-14-12(17)10(15)9-11(16)13(14)18;2*1-2-4-5-3-1;/h2*2-8H2,1H3;2*1-3H,4H2;. The molecule has 4 rings (SSSR count). The molecule has 2 aliphatic carbocycles. The van der Waals surface area contributed by atoms with Gasteiger partial charge in [-0.15, -0.1) is 0 Å². The number of hydrogen-bond acceptors (Lipinski definition) is 6. The Morgan fingerprint density at radius 1 is 0.453 bits per heavy atom. The molecule has 0 bridgehead atoms. The van der Waals surface area contributed by atoms with Crippen LogP contribution in [0.1, 0.15) is 52.4 Å². The molecule has 0 amide bonds. The summed E-state index contributed by atoms with van der Waals surface area (Å²) in [7, 11) is 0. The van der Waals surface area contributed by atoms with Crippen LogP contribution in [0.15, 0.2) is 44.2 Å². The van der Waals surface area contributed by atoms with Gasteiger partial charge in [0.15, 0.2) is 0 Å². The molecule has 0 unspecified atom stereocenters. The molecule has 2 aromatic carbocycles. The molecule has 0 heterocycles. The molecule has 2 aromatic rings. The van der Waals surface area contributed by atoms with Crippen molar-refractivity contribution in [3.8, 4) is 11.5 Å². The molecule has 2 aliphatic rings. The molecule has 0 aliphatic heterocycles. The summed E-state index contributed by atoms with van der Waals surface area (Å²) >= 11 is -6.01. The van der Waals surface area contributed by atoms with Crippen molar-refractivity contribution in [3.63, 3.8) is 0 Å². The number of hydrogen-bond donors (Lipinski definition) is 0. The minimum absolute atomic E-state index is 0.0281. The number of unbranched alkanes of at least 4 members (excludes halogenated alkanes) is 2. The first-order chi connectivity index (χ1) is 25.6. The van der Waals surface area contributed by atoms with Crippen LogP contribution in [-0.4, -0.2) is 66.1 Å². The zero-order valence-corrected chi connectivity index (χ0v) is 31.3. The van der Waals surface area contributed by atoms with Crippen LogP contribution in [0.5, 0.6) is 11.5 Å². The normalized spacial score (nSPS) is 14.0. The summed E-state index contributed by atoms with van der Waals surface area (Å²) in [6.45, 7) is 4.32. The first kappa shape index (κ1) is 42.7. The van der Waals surface area contributed by atoms with Crippen LogP contribution < -0.4 is 17.2 Å². The van der Waals surface area contributed by atoms with Gasteiger partial charge in [0.05, 0.1) is 0 Å². The number of rotatable bonds is 24. The van der Waals surface area contributed by atoms with Gasteiger partial charge in [-0.05, 0) is 12.8 Å². The predicted molar refractivity (Wildman–Crippen MR) is 180 cm³/mol. The van der Waals surface area contributed by atoms with E-state index in [-0.39, 0.29) is 60.2 Å². The molecule has 0 saturated heterocycles. The number of allylic oxidation sites excluding steroid dienone is 8. The van der Waals surface area contributed by atoms with Crippen LogP contribution in [-0.2, 0) is 35.5 Å². The Hall–Kier alpha value is -3.01. The monoisotopic (exact) mass is 796 g/mol. The maximum atomic E-state index is 16.4. The van der Waals surface area contributed by atoms with Crippen molar-refractivity contribution in [2.45, 2.75) is 52.4 Å². The van der Waals surface area contributed by atoms with Gasteiger partial charge in [-0.2, -0.15) is 0 Å². The van der Waals surface area contributed by atoms with Crippen molar-refractivity contribution < 1.29 is 80.1 Å². The first-order valence-electron chi connectivity index (χ1n) is 17.7. The molecule has 6 nitrogen and oxygen atoms in total. The molecule has 0 N–H and O–H groups in total. The number of benzene rings is 2. The Labute approximate surface area is 307 Å². The third-order valence-electron chi connectivity index (χ3n) is 8.68. The van der Waals surface area contributed by atoms with E-state index < -0.39 is 95.6 Å². The van der Waals surface area contributed by atoms with Crippen LogP contribution in [0.2, 0.25) is 0 Å². The van der Waals surface area contributed by atoms with E-state index in [9.17, 15) is 0 Å². The van der Waals surface area contributed by atoms with Gasteiger partial charge in [-0.3, -0.25) is 0 Å². The van der Waals surface area contributed by atoms with E-state index in [1.807, 2.05) is 13.8 Å². The van der Waals surface area contributed by atoms with Gasteiger partial charge in [0.1, 0.15) is 0 Å². The number of halogens is 8. The fraction of sp³-hybridized carbons (Fsp3) is 0.474. The second-order valence-corrected chi connectivity index (χ2v) is 18.1. The summed E-state index contributed by atoms with van der Waals surface area (Å²) in [5.74, 6) is -18.8. The van der Waals surface area contributed by atoms with Crippen LogP contribution >= 0.6 is 0 Å². The van der Waals surface area contributed by atoms with E-state index in [4.69, 9.17) is 28.4 Å². The summed E-state index contributed by atoms with van der Waals surface area (Å²) in [6, 6.07) is 0. The van der Waals surface area contributed by atoms with Crippen molar-refractivity contribution in [2.24, 2.45) is 0 Å². The molecule has 0 spiro atoms. The predicted octanol–water partition coefficient (Wildman–Crippen LogP) is 8.02. The molecule has 0 radical (unpaired) electrons. The fourth-order valence-corrected chi connectivity index (χ4v) is 14.3. The Balaban J connectivity index is 1.71. The molecule has 0 aromatic heterocycles. The Morgan fingerprint density at radius 2 is 0.774 bits per heavy atom. The summed E-state index contributed by atoms with van der Waals surface area (Å²) in [6.07, 6.45) is 11.7. The Morgan fingerprint density at radius 3 is 1.08 bits per heavy atom. The van der Waals surface area contributed by atoms with E-state index in [0.29, 0.717) is 13.2 Å². The fourth-order valence-electron chi connectivity index (χ4n) is 6.10. The van der Waals surface area contributed by atoms with Crippen LogP contribution in [0.3, 0.4) is 0 Å². The zero-order valence-electron chi connectivity index (χ0n) is 29.8. The quantitative estimate of drug-likeness (QED) is 0.0465. The molecule has 15 heteroatoms. The van der Waals surface area contributed by atoms with E-state index >= 15 is 35.1 Å². The van der Waals surface area contributed by atoms with E-state index in [2.05, 4.69) is 0 Å². The minimum atomic E-state index is -6.01. The molecule has 292 valence electrons. The second-order valence-electron chi connectivity index (χ2n) is 12.2. The Kier molecular flexibility index (Phi) is 17.1. The van der Waals surface area contributed by atoms with Crippen LogP contribution in [0, 0.1) is 46.5 Å². The van der Waals surface area contributed by atoms with Crippen molar-refractivity contribution in [2.75, 3.05) is 66.1 Å². The van der Waals surface area contributed by atoms with Crippen LogP contribution in [0.4, 0.5) is 35.1 Å². The molecular formula is C38H44F8O6Ti.